The molecule has 4 aliphatic carbocycles. The first-order chi connectivity index (χ1) is 15.8. The van der Waals surface area contributed by atoms with Crippen molar-refractivity contribution in [1.29, 1.82) is 0 Å². The fourth-order valence-electron chi connectivity index (χ4n) is 9.14. The van der Waals surface area contributed by atoms with E-state index >= 15 is 0 Å². The molecule has 0 saturated heterocycles. The number of carbonyl (C=O) groups excluding carboxylic acids is 1. The highest BCUT2D eigenvalue weighted by Crippen LogP contribution is 2.68. The van der Waals surface area contributed by atoms with Crippen LogP contribution in [0.2, 0.25) is 0 Å². The molecule has 7 nitrogen and oxygen atoms in total. The van der Waals surface area contributed by atoms with Gasteiger partial charge in [-0.15, -0.1) is 0 Å². The lowest BCUT2D eigenvalue weighted by Gasteiger charge is -2.62. The molecule has 4 aliphatic rings. The Bertz CT molecular complexity index is 863. The van der Waals surface area contributed by atoms with Gasteiger partial charge in [0.25, 0.3) is 10.1 Å². The highest BCUT2D eigenvalue weighted by Gasteiger charge is 2.62. The first-order valence-electron chi connectivity index (χ1n) is 13.4. The molecule has 0 radical (unpaired) electrons. The van der Waals surface area contributed by atoms with Gasteiger partial charge in [-0.25, -0.2) is 0 Å². The van der Waals surface area contributed by atoms with E-state index in [0.29, 0.717) is 41.9 Å². The molecule has 4 saturated carbocycles. The summed E-state index contributed by atoms with van der Waals surface area (Å²) in [4.78, 5) is 12.2. The third-order valence-corrected chi connectivity index (χ3v) is 11.6. The van der Waals surface area contributed by atoms with Gasteiger partial charge in [0.2, 0.25) is 5.91 Å². The van der Waals surface area contributed by atoms with Crippen molar-refractivity contribution in [3.8, 4) is 0 Å². The molecule has 196 valence electrons. The third-order valence-electron chi connectivity index (χ3n) is 10.9. The Morgan fingerprint density at radius 1 is 1.03 bits per heavy atom. The van der Waals surface area contributed by atoms with Crippen molar-refractivity contribution in [2.75, 3.05) is 12.3 Å². The molecule has 0 aliphatic heterocycles. The van der Waals surface area contributed by atoms with Gasteiger partial charge in [-0.1, -0.05) is 20.8 Å². The van der Waals surface area contributed by atoms with E-state index in [2.05, 4.69) is 26.1 Å². The quantitative estimate of drug-likeness (QED) is 0.398. The Morgan fingerprint density at radius 3 is 2.41 bits per heavy atom. The predicted molar refractivity (Wildman–Crippen MR) is 130 cm³/mol. The summed E-state index contributed by atoms with van der Waals surface area (Å²) in [5.74, 6) is 2.10. The number of hydrogen-bond acceptors (Lipinski definition) is 5. The van der Waals surface area contributed by atoms with Crippen LogP contribution in [0, 0.1) is 46.3 Å². The lowest BCUT2D eigenvalue weighted by Crippen LogP contribution is -2.58. The van der Waals surface area contributed by atoms with Crippen molar-refractivity contribution in [3.63, 3.8) is 0 Å². The number of nitrogens with one attached hydrogen (secondary N) is 1. The Morgan fingerprint density at radius 2 is 1.71 bits per heavy atom. The zero-order valence-electron chi connectivity index (χ0n) is 21.1. The number of carbonyl (C=O) groups is 1. The molecule has 10 atom stereocenters. The normalized spacial score (nSPS) is 45.1. The zero-order valence-corrected chi connectivity index (χ0v) is 21.9. The van der Waals surface area contributed by atoms with Gasteiger partial charge in [-0.05, 0) is 104 Å². The minimum Gasteiger partial charge on any atom is -0.393 e. The second-order valence-electron chi connectivity index (χ2n) is 12.6. The second kappa shape index (κ2) is 9.64. The molecule has 0 bridgehead atoms. The molecule has 1 amide bonds. The fraction of sp³-hybridized carbons (Fsp3) is 0.962. The van der Waals surface area contributed by atoms with Crippen molar-refractivity contribution in [3.05, 3.63) is 0 Å². The molecule has 0 unspecified atom stereocenters. The number of fused-ring (bicyclic) bond motifs is 5. The molecule has 8 heteroatoms. The van der Waals surface area contributed by atoms with Gasteiger partial charge in [-0.3, -0.25) is 9.35 Å². The van der Waals surface area contributed by atoms with E-state index in [-0.39, 0.29) is 35.5 Å². The third kappa shape index (κ3) is 4.94. The van der Waals surface area contributed by atoms with Crippen molar-refractivity contribution < 1.29 is 28.0 Å². The summed E-state index contributed by atoms with van der Waals surface area (Å²) < 4.78 is 30.5. The van der Waals surface area contributed by atoms with Crippen molar-refractivity contribution in [1.82, 2.24) is 5.32 Å². The van der Waals surface area contributed by atoms with Crippen LogP contribution in [0.15, 0.2) is 0 Å². The molecule has 4 rings (SSSR count). The lowest BCUT2D eigenvalue weighted by molar-refractivity contribution is -0.174. The van der Waals surface area contributed by atoms with Gasteiger partial charge < -0.3 is 15.5 Å². The maximum absolute atomic E-state index is 12.2. The van der Waals surface area contributed by atoms with Crippen LogP contribution in [0.5, 0.6) is 0 Å². The monoisotopic (exact) mass is 499 g/mol. The largest absolute Gasteiger partial charge is 0.393 e. The molecular formula is C26H45NO6S. The maximum atomic E-state index is 12.2. The first-order valence-corrected chi connectivity index (χ1v) is 15.0. The zero-order chi connectivity index (χ0) is 24.9. The molecule has 0 spiro atoms. The van der Waals surface area contributed by atoms with Crippen LogP contribution in [0.3, 0.4) is 0 Å². The number of rotatable bonds is 7. The summed E-state index contributed by atoms with van der Waals surface area (Å²) in [7, 11) is -4.06. The fourth-order valence-corrected chi connectivity index (χ4v) is 9.50. The van der Waals surface area contributed by atoms with E-state index in [0.717, 1.165) is 51.4 Å². The average molecular weight is 500 g/mol. The maximum Gasteiger partial charge on any atom is 0.266 e. The van der Waals surface area contributed by atoms with Gasteiger partial charge in [0.05, 0.1) is 18.0 Å². The van der Waals surface area contributed by atoms with Crippen LogP contribution in [0.1, 0.15) is 85.0 Å². The van der Waals surface area contributed by atoms with Gasteiger partial charge in [0, 0.05) is 13.0 Å². The molecular weight excluding hydrogens is 454 g/mol. The minimum atomic E-state index is -4.06. The van der Waals surface area contributed by atoms with Crippen LogP contribution in [0.25, 0.3) is 0 Å². The van der Waals surface area contributed by atoms with E-state index in [4.69, 9.17) is 4.55 Å². The van der Waals surface area contributed by atoms with Crippen LogP contribution in [-0.2, 0) is 14.9 Å². The molecule has 4 fully saturated rings. The molecule has 0 aromatic rings. The van der Waals surface area contributed by atoms with E-state index in [1.165, 1.54) is 6.42 Å². The average Bonchev–Trinajstić information content (AvgIpc) is 3.09. The summed E-state index contributed by atoms with van der Waals surface area (Å²) in [6.45, 7) is 7.05. The van der Waals surface area contributed by atoms with E-state index in [1.54, 1.807) is 0 Å². The van der Waals surface area contributed by atoms with E-state index in [1.807, 2.05) is 0 Å². The number of aliphatic hydroxyl groups excluding tert-OH is 2. The molecule has 0 aromatic heterocycles. The van der Waals surface area contributed by atoms with Crippen molar-refractivity contribution >= 4 is 16.0 Å². The molecule has 0 heterocycles. The van der Waals surface area contributed by atoms with Gasteiger partial charge in [0.1, 0.15) is 0 Å². The summed E-state index contributed by atoms with van der Waals surface area (Å²) in [5.41, 5.74) is 0.411. The Labute approximate surface area is 205 Å². The van der Waals surface area contributed by atoms with Gasteiger partial charge in [0.15, 0.2) is 0 Å². The standard InChI is InChI=1S/C26H45NO6S/c1-16(4-7-23(30)27-12-13-34(31,32)33)19-5-6-20-24-21(9-11-26(19,20)3)25(2)10-8-18(28)14-17(25)15-22(24)29/h16-22,24,28-29H,4-15H2,1-3H3,(H,27,30)(H,31,32,33)/t16-,17-,18+,19+,20+,21-,22+,24+,25-,26+/m0/s1. The first kappa shape index (κ1) is 26.4. The number of aliphatic hydroxyl groups is 2. The smallest absolute Gasteiger partial charge is 0.266 e. The second-order valence-corrected chi connectivity index (χ2v) is 14.2. The van der Waals surface area contributed by atoms with Crippen molar-refractivity contribution in [2.45, 2.75) is 97.2 Å². The number of hydrogen-bond donors (Lipinski definition) is 4. The van der Waals surface area contributed by atoms with Gasteiger partial charge >= 0.3 is 0 Å². The van der Waals surface area contributed by atoms with Gasteiger partial charge in [-0.2, -0.15) is 8.42 Å². The van der Waals surface area contributed by atoms with Crippen LogP contribution >= 0.6 is 0 Å². The summed E-state index contributed by atoms with van der Waals surface area (Å²) in [5, 5.41) is 24.2. The molecule has 0 aromatic carbocycles. The SMILES string of the molecule is C[C@@H](CCC(=O)NCCS(=O)(=O)O)[C@H]1CC[C@@H]2[C@H]3[C@H](O)C[C@@H]4C[C@H](O)CC[C@]4(C)[C@H]3CC[C@@]21C. The summed E-state index contributed by atoms with van der Waals surface area (Å²) >= 11 is 0. The Hall–Kier alpha value is -0.700. The summed E-state index contributed by atoms with van der Waals surface area (Å²) in [6, 6.07) is 0. The topological polar surface area (TPSA) is 124 Å². The highest BCUT2D eigenvalue weighted by atomic mass is 32.2. The van der Waals surface area contributed by atoms with Crippen LogP contribution in [0.4, 0.5) is 0 Å². The molecule has 34 heavy (non-hydrogen) atoms. The predicted octanol–water partition coefficient (Wildman–Crippen LogP) is 3.40. The van der Waals surface area contributed by atoms with E-state index in [9.17, 15) is 23.4 Å². The lowest BCUT2D eigenvalue weighted by atomic mass is 9.43. The molecule has 4 N–H and O–H groups in total. The number of amides is 1. The highest BCUT2D eigenvalue weighted by molar-refractivity contribution is 7.85. The van der Waals surface area contributed by atoms with Crippen LogP contribution in [-0.4, -0.2) is 53.6 Å². The van der Waals surface area contributed by atoms with Crippen LogP contribution < -0.4 is 5.32 Å². The van der Waals surface area contributed by atoms with E-state index < -0.39 is 15.9 Å². The minimum absolute atomic E-state index is 0.0625. The summed E-state index contributed by atoms with van der Waals surface area (Å²) in [6.07, 6.45) is 8.87. The van der Waals surface area contributed by atoms with Crippen molar-refractivity contribution in [2.24, 2.45) is 46.3 Å². The Kier molecular flexibility index (Phi) is 7.47. The Balaban J connectivity index is 1.39.